The van der Waals surface area contributed by atoms with E-state index in [2.05, 4.69) is 10.3 Å². The van der Waals surface area contributed by atoms with Gasteiger partial charge in [-0.2, -0.15) is 0 Å². The van der Waals surface area contributed by atoms with Crippen LogP contribution in [0.15, 0.2) is 42.6 Å². The largest absolute Gasteiger partial charge is 0.477 e. The molecule has 1 aromatic carbocycles. The van der Waals surface area contributed by atoms with Crippen molar-refractivity contribution >= 4 is 23.2 Å². The Bertz CT molecular complexity index is 702. The minimum absolute atomic E-state index is 0.249. The van der Waals surface area contributed by atoms with E-state index in [9.17, 15) is 4.79 Å². The number of aromatic nitrogens is 1. The highest BCUT2D eigenvalue weighted by molar-refractivity contribution is 6.33. The summed E-state index contributed by atoms with van der Waals surface area (Å²) in [6.07, 6.45) is 3.56. The average Bonchev–Trinajstić information content (AvgIpc) is 2.63. The van der Waals surface area contributed by atoms with E-state index in [0.29, 0.717) is 34.7 Å². The van der Waals surface area contributed by atoms with Gasteiger partial charge in [-0.25, -0.2) is 4.98 Å². The number of ether oxygens (including phenoxy) is 2. The van der Waals surface area contributed by atoms with E-state index >= 15 is 0 Å². The Labute approximate surface area is 145 Å². The zero-order valence-corrected chi connectivity index (χ0v) is 14.0. The number of para-hydroxylation sites is 1. The average molecular weight is 347 g/mol. The number of hydrogen-bond acceptors (Lipinski definition) is 4. The SMILES string of the molecule is O=C(Nc1ccccc1Cl)c1ccnc(OCC2CCOCC2)c1. The summed E-state index contributed by atoms with van der Waals surface area (Å²) >= 11 is 6.06. The Kier molecular flexibility index (Phi) is 5.67. The molecule has 0 bridgehead atoms. The van der Waals surface area contributed by atoms with Crippen LogP contribution in [0.4, 0.5) is 5.69 Å². The number of nitrogens with zero attached hydrogens (tertiary/aromatic N) is 1. The first kappa shape index (κ1) is 16.7. The molecular weight excluding hydrogens is 328 g/mol. The van der Waals surface area contributed by atoms with Crippen LogP contribution in [-0.2, 0) is 4.74 Å². The topological polar surface area (TPSA) is 60.5 Å². The fourth-order valence-electron chi connectivity index (χ4n) is 2.50. The van der Waals surface area contributed by atoms with Gasteiger partial charge in [-0.1, -0.05) is 23.7 Å². The number of pyridine rings is 1. The molecule has 0 spiro atoms. The fraction of sp³-hybridized carbons (Fsp3) is 0.333. The maximum Gasteiger partial charge on any atom is 0.255 e. The van der Waals surface area contributed by atoms with Crippen LogP contribution >= 0.6 is 11.6 Å². The summed E-state index contributed by atoms with van der Waals surface area (Å²) in [6.45, 7) is 2.15. The third-order valence-corrected chi connectivity index (χ3v) is 4.26. The van der Waals surface area contributed by atoms with Crippen molar-refractivity contribution in [2.75, 3.05) is 25.1 Å². The Morgan fingerprint density at radius 1 is 1.29 bits per heavy atom. The van der Waals surface area contributed by atoms with E-state index in [1.807, 2.05) is 12.1 Å². The number of rotatable bonds is 5. The Morgan fingerprint density at radius 3 is 2.88 bits per heavy atom. The second kappa shape index (κ2) is 8.13. The van der Waals surface area contributed by atoms with Gasteiger partial charge in [-0.05, 0) is 37.0 Å². The monoisotopic (exact) mass is 346 g/mol. The van der Waals surface area contributed by atoms with Crippen molar-refractivity contribution in [1.29, 1.82) is 0 Å². The maximum atomic E-state index is 12.4. The van der Waals surface area contributed by atoms with Crippen LogP contribution in [0.2, 0.25) is 5.02 Å². The number of nitrogens with one attached hydrogen (secondary N) is 1. The van der Waals surface area contributed by atoms with E-state index in [1.54, 1.807) is 30.5 Å². The number of halogens is 1. The highest BCUT2D eigenvalue weighted by atomic mass is 35.5. The van der Waals surface area contributed by atoms with Gasteiger partial charge in [0.1, 0.15) is 0 Å². The normalized spacial score (nSPS) is 15.0. The molecular formula is C18H19ClN2O3. The van der Waals surface area contributed by atoms with E-state index in [-0.39, 0.29) is 5.91 Å². The van der Waals surface area contributed by atoms with Crippen LogP contribution in [0, 0.1) is 5.92 Å². The molecule has 0 unspecified atom stereocenters. The van der Waals surface area contributed by atoms with Crippen molar-refractivity contribution in [2.45, 2.75) is 12.8 Å². The molecule has 0 radical (unpaired) electrons. The van der Waals surface area contributed by atoms with Crippen LogP contribution in [0.5, 0.6) is 5.88 Å². The minimum Gasteiger partial charge on any atom is -0.477 e. The van der Waals surface area contributed by atoms with Gasteiger partial charge in [0, 0.05) is 31.0 Å². The zero-order chi connectivity index (χ0) is 16.8. The predicted octanol–water partition coefficient (Wildman–Crippen LogP) is 3.79. The van der Waals surface area contributed by atoms with Crippen LogP contribution in [0.25, 0.3) is 0 Å². The highest BCUT2D eigenvalue weighted by Gasteiger charge is 2.15. The van der Waals surface area contributed by atoms with Gasteiger partial charge in [0.25, 0.3) is 5.91 Å². The van der Waals surface area contributed by atoms with Gasteiger partial charge in [-0.15, -0.1) is 0 Å². The second-order valence-electron chi connectivity index (χ2n) is 5.68. The fourth-order valence-corrected chi connectivity index (χ4v) is 2.69. The van der Waals surface area contributed by atoms with Crippen molar-refractivity contribution in [3.8, 4) is 5.88 Å². The zero-order valence-electron chi connectivity index (χ0n) is 13.2. The van der Waals surface area contributed by atoms with E-state index < -0.39 is 0 Å². The smallest absolute Gasteiger partial charge is 0.255 e. The molecule has 1 fully saturated rings. The van der Waals surface area contributed by atoms with Crippen LogP contribution in [-0.4, -0.2) is 30.7 Å². The van der Waals surface area contributed by atoms with Crippen molar-refractivity contribution in [3.63, 3.8) is 0 Å². The molecule has 1 amide bonds. The summed E-state index contributed by atoms with van der Waals surface area (Å²) in [7, 11) is 0. The molecule has 1 N–H and O–H groups in total. The lowest BCUT2D eigenvalue weighted by atomic mass is 10.0. The Morgan fingerprint density at radius 2 is 2.08 bits per heavy atom. The number of carbonyl (C=O) groups excluding carboxylic acids is 1. The lowest BCUT2D eigenvalue weighted by Crippen LogP contribution is -2.21. The van der Waals surface area contributed by atoms with E-state index in [1.165, 1.54) is 0 Å². The third kappa shape index (κ3) is 4.46. The summed E-state index contributed by atoms with van der Waals surface area (Å²) in [4.78, 5) is 16.5. The van der Waals surface area contributed by atoms with Crippen molar-refractivity contribution in [1.82, 2.24) is 4.98 Å². The molecule has 1 aliphatic rings. The summed E-state index contributed by atoms with van der Waals surface area (Å²) in [5.41, 5.74) is 1.05. The highest BCUT2D eigenvalue weighted by Crippen LogP contribution is 2.22. The van der Waals surface area contributed by atoms with Gasteiger partial charge in [0.15, 0.2) is 0 Å². The molecule has 2 aromatic rings. The van der Waals surface area contributed by atoms with Crippen molar-refractivity contribution < 1.29 is 14.3 Å². The van der Waals surface area contributed by atoms with E-state index in [0.717, 1.165) is 26.1 Å². The second-order valence-corrected chi connectivity index (χ2v) is 6.09. The summed E-state index contributed by atoms with van der Waals surface area (Å²) in [6, 6.07) is 10.4. The first-order chi connectivity index (χ1) is 11.7. The van der Waals surface area contributed by atoms with Crippen molar-refractivity contribution in [2.24, 2.45) is 5.92 Å². The third-order valence-electron chi connectivity index (χ3n) is 3.93. The summed E-state index contributed by atoms with van der Waals surface area (Å²) in [5, 5.41) is 3.28. The quantitative estimate of drug-likeness (QED) is 0.894. The predicted molar refractivity (Wildman–Crippen MR) is 92.7 cm³/mol. The summed E-state index contributed by atoms with van der Waals surface area (Å²) in [5.74, 6) is 0.677. The number of amides is 1. The molecule has 3 rings (SSSR count). The lowest BCUT2D eigenvalue weighted by Gasteiger charge is -2.21. The molecule has 1 saturated heterocycles. The minimum atomic E-state index is -0.249. The Balaban J connectivity index is 1.61. The van der Waals surface area contributed by atoms with Gasteiger partial charge < -0.3 is 14.8 Å². The molecule has 126 valence electrons. The molecule has 0 saturated carbocycles. The lowest BCUT2D eigenvalue weighted by molar-refractivity contribution is 0.0490. The molecule has 5 nitrogen and oxygen atoms in total. The molecule has 2 heterocycles. The number of carbonyl (C=O) groups is 1. The van der Waals surface area contributed by atoms with Gasteiger partial charge in [-0.3, -0.25) is 4.79 Å². The number of benzene rings is 1. The molecule has 0 aliphatic carbocycles. The molecule has 1 aliphatic heterocycles. The molecule has 1 aromatic heterocycles. The van der Waals surface area contributed by atoms with Gasteiger partial charge in [0.05, 0.1) is 17.3 Å². The molecule has 24 heavy (non-hydrogen) atoms. The van der Waals surface area contributed by atoms with Gasteiger partial charge >= 0.3 is 0 Å². The first-order valence-electron chi connectivity index (χ1n) is 7.95. The van der Waals surface area contributed by atoms with E-state index in [4.69, 9.17) is 21.1 Å². The standard InChI is InChI=1S/C18H19ClN2O3/c19-15-3-1-2-4-16(15)21-18(22)14-5-8-20-17(11-14)24-12-13-6-9-23-10-7-13/h1-5,8,11,13H,6-7,9-10,12H2,(H,21,22). The van der Waals surface area contributed by atoms with Crippen LogP contribution < -0.4 is 10.1 Å². The summed E-state index contributed by atoms with van der Waals surface area (Å²) < 4.78 is 11.1. The van der Waals surface area contributed by atoms with Crippen LogP contribution in [0.1, 0.15) is 23.2 Å². The van der Waals surface area contributed by atoms with Gasteiger partial charge in [0.2, 0.25) is 5.88 Å². The van der Waals surface area contributed by atoms with Crippen LogP contribution in [0.3, 0.4) is 0 Å². The molecule has 0 atom stereocenters. The number of anilines is 1. The molecule has 6 heteroatoms. The Hall–Kier alpha value is -2.11. The van der Waals surface area contributed by atoms with Crippen molar-refractivity contribution in [3.05, 3.63) is 53.2 Å². The number of hydrogen-bond donors (Lipinski definition) is 1. The maximum absolute atomic E-state index is 12.4. The first-order valence-corrected chi connectivity index (χ1v) is 8.32.